The van der Waals surface area contributed by atoms with Crippen LogP contribution in [0.1, 0.15) is 149 Å². The van der Waals surface area contributed by atoms with Crippen LogP contribution in [0.5, 0.6) is 0 Å². The third-order valence-corrected chi connectivity index (χ3v) is 31.4. The van der Waals surface area contributed by atoms with E-state index in [1.807, 2.05) is 68.0 Å². The van der Waals surface area contributed by atoms with E-state index in [4.69, 9.17) is 17.5 Å². The fraction of sp³-hybridized carbons (Fsp3) is 0.446. The molecule has 4 unspecified atom stereocenters. The molecule has 0 saturated heterocycles. The van der Waals surface area contributed by atoms with Crippen molar-refractivity contribution in [2.45, 2.75) is 164 Å². The predicted octanol–water partition coefficient (Wildman–Crippen LogP) is 22.4. The summed E-state index contributed by atoms with van der Waals surface area (Å²) >= 11 is 14.5. The topological polar surface area (TPSA) is 51.6 Å². The fourth-order valence-corrected chi connectivity index (χ4v) is 28.5. The third kappa shape index (κ3) is 11.4. The van der Waals surface area contributed by atoms with Crippen molar-refractivity contribution >= 4 is 132 Å². The van der Waals surface area contributed by atoms with Gasteiger partial charge in [0.1, 0.15) is 30.1 Å². The number of fused-ring (bicyclic) bond motifs is 5. The average molecular weight is 1200 g/mol. The molecule has 0 spiro atoms. The van der Waals surface area contributed by atoms with Gasteiger partial charge in [0, 0.05) is 80.8 Å². The largest absolute Gasteiger partial charge is 0.172 e. The molecule has 0 bridgehead atoms. The molecule has 1 aliphatic rings. The van der Waals surface area contributed by atoms with Crippen molar-refractivity contribution in [1.29, 1.82) is 0 Å². The summed E-state index contributed by atoms with van der Waals surface area (Å²) in [5, 5.41) is 3.41. The van der Waals surface area contributed by atoms with E-state index in [1.54, 1.807) is 10.4 Å². The lowest BCUT2D eigenvalue weighted by Crippen LogP contribution is -2.56. The van der Waals surface area contributed by atoms with Crippen LogP contribution >= 0.6 is 91.5 Å². The molecule has 0 saturated carbocycles. The van der Waals surface area contributed by atoms with E-state index in [-0.39, 0.29) is 0 Å². The zero-order valence-corrected chi connectivity index (χ0v) is 54.5. The van der Waals surface area contributed by atoms with Crippen molar-refractivity contribution in [3.05, 3.63) is 94.7 Å². The van der Waals surface area contributed by atoms with Crippen LogP contribution in [-0.2, 0) is 12.8 Å². The minimum atomic E-state index is -2.32. The maximum atomic E-state index is 5.13. The highest BCUT2D eigenvalue weighted by molar-refractivity contribution is 7.32. The van der Waals surface area contributed by atoms with Gasteiger partial charge in [-0.05, 0) is 120 Å². The molecule has 78 heavy (non-hydrogen) atoms. The molecule has 10 aromatic rings. The van der Waals surface area contributed by atoms with Gasteiger partial charge in [0.25, 0.3) is 0 Å². The summed E-state index contributed by atoms with van der Waals surface area (Å²) in [4.78, 5) is 16.7. The monoisotopic (exact) mass is 1200 g/mol. The summed E-state index contributed by atoms with van der Waals surface area (Å²) in [6.45, 7) is 19.0. The van der Waals surface area contributed by atoms with Gasteiger partial charge in [0.15, 0.2) is 0 Å². The summed E-state index contributed by atoms with van der Waals surface area (Å²) in [5.74, 6) is 2.90. The summed E-state index contributed by atoms with van der Waals surface area (Å²) in [6, 6.07) is 36.2. The average Bonchev–Trinajstić information content (AvgIpc) is 4.38. The zero-order valence-electron chi connectivity index (χ0n) is 47.0. The fourth-order valence-electron chi connectivity index (χ4n) is 12.4. The number of aromatic nitrogens is 4. The smallest absolute Gasteiger partial charge is 0.122 e. The Morgan fingerprint density at radius 3 is 1.17 bits per heavy atom. The molecule has 0 amide bonds. The molecular weight excluding hydrogens is 1120 g/mol. The second-order valence-electron chi connectivity index (χ2n) is 22.5. The van der Waals surface area contributed by atoms with E-state index >= 15 is 0 Å². The van der Waals surface area contributed by atoms with Crippen LogP contribution in [0.2, 0.25) is 12.1 Å². The van der Waals surface area contributed by atoms with Gasteiger partial charge >= 0.3 is 0 Å². The Hall–Kier alpha value is -3.50. The summed E-state index contributed by atoms with van der Waals surface area (Å²) in [7, 11) is -2.32. The van der Waals surface area contributed by atoms with Crippen LogP contribution in [-0.4, -0.2) is 25.6 Å². The summed E-state index contributed by atoms with van der Waals surface area (Å²) in [5.41, 5.74) is 9.02. The zero-order chi connectivity index (χ0) is 53.9. The predicted molar refractivity (Wildman–Crippen MR) is 355 cm³/mol. The van der Waals surface area contributed by atoms with Crippen LogP contribution in [0.3, 0.4) is 0 Å². The molecule has 13 heteroatoms. The molecule has 0 N–H and O–H groups in total. The number of benzene rings is 2. The van der Waals surface area contributed by atoms with E-state index in [0.717, 1.165) is 34.4 Å². The molecule has 4 nitrogen and oxygen atoms in total. The number of rotatable bonds is 27. The Labute approximate surface area is 498 Å². The van der Waals surface area contributed by atoms with Gasteiger partial charge in [-0.25, -0.2) is 0 Å². The van der Waals surface area contributed by atoms with Gasteiger partial charge in [-0.15, -0.1) is 68.0 Å². The quantitative estimate of drug-likeness (QED) is 0.0482. The van der Waals surface area contributed by atoms with Crippen molar-refractivity contribution in [2.24, 2.45) is 23.7 Å². The first-order valence-electron chi connectivity index (χ1n) is 29.4. The number of thiophene rings is 6. The molecule has 11 rings (SSSR count). The Bertz CT molecular complexity index is 3570. The van der Waals surface area contributed by atoms with Crippen LogP contribution in [0.4, 0.5) is 0 Å². The Morgan fingerprint density at radius 1 is 0.385 bits per heavy atom. The molecule has 8 aromatic heterocycles. The van der Waals surface area contributed by atoms with Gasteiger partial charge in [-0.2, -0.15) is 17.5 Å². The second-order valence-corrected chi connectivity index (χ2v) is 34.2. The highest BCUT2D eigenvalue weighted by Crippen LogP contribution is 2.52. The van der Waals surface area contributed by atoms with Crippen molar-refractivity contribution in [3.8, 4) is 71.0 Å². The van der Waals surface area contributed by atoms with Crippen LogP contribution in [0.25, 0.3) is 93.1 Å². The van der Waals surface area contributed by atoms with Gasteiger partial charge in [-0.1, -0.05) is 163 Å². The van der Waals surface area contributed by atoms with E-state index in [1.165, 1.54) is 206 Å². The van der Waals surface area contributed by atoms with E-state index < -0.39 is 8.07 Å². The molecule has 4 atom stereocenters. The first-order chi connectivity index (χ1) is 38.2. The lowest BCUT2D eigenvalue weighted by Gasteiger charge is -2.35. The maximum Gasteiger partial charge on any atom is 0.122 e. The molecular formula is C65H76N4S8Si. The number of nitrogens with zero attached hydrogens (tertiary/aromatic N) is 4. The van der Waals surface area contributed by atoms with Crippen molar-refractivity contribution in [3.63, 3.8) is 0 Å². The van der Waals surface area contributed by atoms with Crippen molar-refractivity contribution in [1.82, 2.24) is 17.5 Å². The standard InChI is InChI=1S/C65H76N4S8Si/c1-9-16-19-41(13-5)35-45-23-29-53(71-45)55-33-31-51(73-55)47-25-27-49(63-61(47)67-77-69-63)57-37-59-65(75-57)64-58(78(59,38-42(14-6)20-17-10-2)39-43(15-7)21-18-11-3)36-56(74-64)48-26-24-46(60-62(48)68-76-66-60)50-30-32-54(72-50)52-28-22-44(70-52)34-40(8)12-4/h22-33,36-37,40-43H,9-21,34-35,38-39H2,1-8H3. The SMILES string of the molecule is CCCCC(CC)Cc1ccc(-c2ccc(-c3ccc(-c4cc5c(s4)-c4sc(-c6ccc(-c7ccc(-c8ccc(CC(C)CC)s8)s7)c7nsnc67)cc4[Si]5(CC(CC)CCCC)CC(CC)CCCC)c4nsnc34)s2)s1. The minimum absolute atomic E-state index is 0.706. The Kier molecular flexibility index (Phi) is 18.3. The Morgan fingerprint density at radius 2 is 0.756 bits per heavy atom. The molecule has 0 fully saturated rings. The lowest BCUT2D eigenvalue weighted by atomic mass is 9.95. The number of unbranched alkanes of at least 4 members (excludes halogenated alkanes) is 3. The molecule has 2 aromatic carbocycles. The first-order valence-corrected chi connectivity index (χ1v) is 38.1. The van der Waals surface area contributed by atoms with Crippen LogP contribution in [0, 0.1) is 23.7 Å². The molecule has 0 radical (unpaired) electrons. The molecule has 9 heterocycles. The van der Waals surface area contributed by atoms with Crippen molar-refractivity contribution < 1.29 is 0 Å². The molecule has 408 valence electrons. The summed E-state index contributed by atoms with van der Waals surface area (Å²) < 4.78 is 20.4. The van der Waals surface area contributed by atoms with Crippen LogP contribution < -0.4 is 10.4 Å². The second kappa shape index (κ2) is 25.3. The molecule has 0 aliphatic carbocycles. The first kappa shape index (κ1) is 56.4. The number of hydrogen-bond donors (Lipinski definition) is 0. The van der Waals surface area contributed by atoms with Gasteiger partial charge in [-0.3, -0.25) is 0 Å². The maximum absolute atomic E-state index is 5.13. The van der Waals surface area contributed by atoms with Gasteiger partial charge in [0.05, 0.1) is 23.5 Å². The summed E-state index contributed by atoms with van der Waals surface area (Å²) in [6.07, 6.45) is 19.0. The Balaban J connectivity index is 0.972. The van der Waals surface area contributed by atoms with Crippen LogP contribution in [0.15, 0.2) is 84.9 Å². The molecule has 1 aliphatic heterocycles. The third-order valence-electron chi connectivity index (χ3n) is 17.3. The van der Waals surface area contributed by atoms with E-state index in [2.05, 4.69) is 140 Å². The normalized spacial score (nSPS) is 15.9. The highest BCUT2D eigenvalue weighted by atomic mass is 32.1. The van der Waals surface area contributed by atoms with Gasteiger partial charge in [0.2, 0.25) is 0 Å². The van der Waals surface area contributed by atoms with E-state index in [9.17, 15) is 0 Å². The lowest BCUT2D eigenvalue weighted by molar-refractivity contribution is 0.452. The highest BCUT2D eigenvalue weighted by Gasteiger charge is 2.50. The van der Waals surface area contributed by atoms with Crippen molar-refractivity contribution in [2.75, 3.05) is 0 Å². The minimum Gasteiger partial charge on any atom is -0.172 e. The number of hydrogen-bond acceptors (Lipinski definition) is 12. The van der Waals surface area contributed by atoms with E-state index in [0.29, 0.717) is 17.8 Å². The van der Waals surface area contributed by atoms with Gasteiger partial charge < -0.3 is 0 Å².